The predicted octanol–water partition coefficient (Wildman–Crippen LogP) is -0.456. The highest BCUT2D eigenvalue weighted by Crippen LogP contribution is 2.19. The number of nitrogens with zero attached hydrogens (tertiary/aromatic N) is 4. The van der Waals surface area contributed by atoms with Crippen molar-refractivity contribution >= 4 is 35.3 Å². The summed E-state index contributed by atoms with van der Waals surface area (Å²) in [7, 11) is 1.72. The second kappa shape index (κ2) is 2.58. The number of nitrogen functional groups attached to an aromatic ring is 3. The van der Waals surface area contributed by atoms with Gasteiger partial charge in [0.15, 0.2) is 11.5 Å². The topological polar surface area (TPSA) is 113 Å². The Morgan fingerprint density at radius 3 is 2.57 bits per heavy atom. The number of aryl methyl sites for hydroxylation is 1. The molecule has 0 atom stereocenters. The van der Waals surface area contributed by atoms with Crippen LogP contribution < -0.4 is 17.2 Å². The summed E-state index contributed by atoms with van der Waals surface area (Å²) in [5, 5.41) is 3.97. The van der Waals surface area contributed by atoms with Crippen molar-refractivity contribution < 1.29 is 0 Å². The number of fused-ring (bicyclic) bond motifs is 1. The van der Waals surface area contributed by atoms with E-state index in [4.69, 9.17) is 29.4 Å². The molecule has 7 nitrogen and oxygen atoms in total. The summed E-state index contributed by atoms with van der Waals surface area (Å²) in [6.45, 7) is 0. The van der Waals surface area contributed by atoms with Crippen LogP contribution >= 0.6 is 12.2 Å². The number of hydrogen-bond acceptors (Lipinski definition) is 6. The summed E-state index contributed by atoms with van der Waals surface area (Å²) in [5.74, 6) is 0.494. The third-order valence-electron chi connectivity index (χ3n) is 1.98. The maximum Gasteiger partial charge on any atom is 0.224 e. The van der Waals surface area contributed by atoms with Gasteiger partial charge in [-0.05, 0) is 12.2 Å². The fourth-order valence-corrected chi connectivity index (χ4v) is 1.45. The van der Waals surface area contributed by atoms with E-state index >= 15 is 0 Å². The van der Waals surface area contributed by atoms with Crippen molar-refractivity contribution in [3.63, 3.8) is 0 Å². The van der Waals surface area contributed by atoms with Crippen molar-refractivity contribution in [3.8, 4) is 0 Å². The molecule has 2 heterocycles. The third kappa shape index (κ3) is 0.940. The Kier molecular flexibility index (Phi) is 1.61. The van der Waals surface area contributed by atoms with Gasteiger partial charge in [0.05, 0.1) is 0 Å². The second-order valence-corrected chi connectivity index (χ2v) is 3.21. The Balaban J connectivity index is 3.11. The van der Waals surface area contributed by atoms with Gasteiger partial charge in [0, 0.05) is 7.05 Å². The summed E-state index contributed by atoms with van der Waals surface area (Å²) < 4.78 is 3.22. The minimum atomic E-state index is 0.193. The van der Waals surface area contributed by atoms with E-state index in [9.17, 15) is 0 Å². The van der Waals surface area contributed by atoms with Crippen molar-refractivity contribution in [2.24, 2.45) is 7.05 Å². The second-order valence-electron chi connectivity index (χ2n) is 2.85. The summed E-state index contributed by atoms with van der Waals surface area (Å²) >= 11 is 4.96. The monoisotopic (exact) mass is 211 g/mol. The first-order valence-electron chi connectivity index (χ1n) is 3.78. The molecule has 8 heteroatoms. The third-order valence-corrected chi connectivity index (χ3v) is 2.24. The van der Waals surface area contributed by atoms with Crippen LogP contribution in [0, 0.1) is 4.77 Å². The molecular weight excluding hydrogens is 202 g/mol. The minimum Gasteiger partial charge on any atom is -0.393 e. The lowest BCUT2D eigenvalue weighted by molar-refractivity contribution is 0.910. The van der Waals surface area contributed by atoms with E-state index in [-0.39, 0.29) is 10.6 Å². The molecular formula is C6H9N7S. The van der Waals surface area contributed by atoms with Crippen LogP contribution in [-0.4, -0.2) is 19.2 Å². The Morgan fingerprint density at radius 1 is 1.29 bits per heavy atom. The first kappa shape index (κ1) is 8.75. The number of hydrogen-bond donors (Lipinski definition) is 3. The molecule has 0 aliphatic heterocycles. The van der Waals surface area contributed by atoms with E-state index in [1.54, 1.807) is 11.6 Å². The molecule has 0 radical (unpaired) electrons. The summed E-state index contributed by atoms with van der Waals surface area (Å²) in [6, 6.07) is 0. The largest absolute Gasteiger partial charge is 0.393 e. The normalized spacial score (nSPS) is 10.9. The van der Waals surface area contributed by atoms with Gasteiger partial charge in [-0.2, -0.15) is 9.50 Å². The lowest BCUT2D eigenvalue weighted by Gasteiger charge is -2.02. The molecule has 0 amide bonds. The summed E-state index contributed by atoms with van der Waals surface area (Å²) in [6.07, 6.45) is 0. The van der Waals surface area contributed by atoms with Crippen molar-refractivity contribution in [1.29, 1.82) is 0 Å². The van der Waals surface area contributed by atoms with Gasteiger partial charge < -0.3 is 17.2 Å². The van der Waals surface area contributed by atoms with E-state index in [1.165, 1.54) is 4.52 Å². The van der Waals surface area contributed by atoms with Crippen LogP contribution in [0.3, 0.4) is 0 Å². The van der Waals surface area contributed by atoms with Crippen LogP contribution in [0.5, 0.6) is 0 Å². The smallest absolute Gasteiger partial charge is 0.224 e. The SMILES string of the molecule is Cn1c(N)nn2c(=S)nc(N)c(N)c12. The lowest BCUT2D eigenvalue weighted by Crippen LogP contribution is -2.06. The maximum absolute atomic E-state index is 5.73. The molecule has 0 aliphatic carbocycles. The highest BCUT2D eigenvalue weighted by Gasteiger charge is 2.11. The van der Waals surface area contributed by atoms with Gasteiger partial charge in [0.1, 0.15) is 5.69 Å². The number of anilines is 3. The fraction of sp³-hybridized carbons (Fsp3) is 0.167. The molecule has 0 spiro atoms. The quantitative estimate of drug-likeness (QED) is 0.508. The molecule has 0 unspecified atom stereocenters. The maximum atomic E-state index is 5.73. The molecule has 2 rings (SSSR count). The highest BCUT2D eigenvalue weighted by atomic mass is 32.1. The molecule has 6 N–H and O–H groups in total. The molecule has 2 aromatic heterocycles. The van der Waals surface area contributed by atoms with Gasteiger partial charge >= 0.3 is 0 Å². The van der Waals surface area contributed by atoms with Gasteiger partial charge in [-0.3, -0.25) is 4.57 Å². The Bertz CT molecular complexity index is 566. The zero-order valence-corrected chi connectivity index (χ0v) is 8.25. The number of aromatic nitrogens is 4. The predicted molar refractivity (Wildman–Crippen MR) is 56.0 cm³/mol. The molecule has 0 bridgehead atoms. The van der Waals surface area contributed by atoms with Gasteiger partial charge in [0.25, 0.3) is 0 Å². The first-order valence-corrected chi connectivity index (χ1v) is 4.19. The molecule has 74 valence electrons. The zero-order valence-electron chi connectivity index (χ0n) is 7.43. The van der Waals surface area contributed by atoms with E-state index in [2.05, 4.69) is 10.1 Å². The van der Waals surface area contributed by atoms with Gasteiger partial charge in [-0.15, -0.1) is 5.10 Å². The number of nitrogens with two attached hydrogens (primary N) is 3. The molecule has 2 aromatic rings. The molecule has 0 aromatic carbocycles. The summed E-state index contributed by atoms with van der Waals surface area (Å²) in [5.41, 5.74) is 17.8. The Morgan fingerprint density at radius 2 is 1.93 bits per heavy atom. The lowest BCUT2D eigenvalue weighted by atomic mass is 10.4. The number of rotatable bonds is 0. The molecule has 14 heavy (non-hydrogen) atoms. The standard InChI is InChI=1S/C6H9N7S/c1-12-4-2(7)3(8)10-6(14)13(4)11-5(12)9/h7H2,1H3,(H2,9,11)(H2,8,10,14). The van der Waals surface area contributed by atoms with Crippen LogP contribution in [0.25, 0.3) is 5.65 Å². The van der Waals surface area contributed by atoms with Crippen LogP contribution in [0.4, 0.5) is 17.5 Å². The summed E-state index contributed by atoms with van der Waals surface area (Å²) in [4.78, 5) is 3.85. The Labute approximate surface area is 84.1 Å². The van der Waals surface area contributed by atoms with Crippen molar-refractivity contribution in [3.05, 3.63) is 4.77 Å². The van der Waals surface area contributed by atoms with Crippen LogP contribution in [0.2, 0.25) is 0 Å². The Hall–Kier alpha value is -1.83. The van der Waals surface area contributed by atoms with E-state index < -0.39 is 0 Å². The van der Waals surface area contributed by atoms with Crippen molar-refractivity contribution in [2.75, 3.05) is 17.2 Å². The molecule has 0 aliphatic rings. The zero-order chi connectivity index (χ0) is 10.5. The van der Waals surface area contributed by atoms with Gasteiger partial charge in [0.2, 0.25) is 10.7 Å². The fourth-order valence-electron chi connectivity index (χ4n) is 1.22. The van der Waals surface area contributed by atoms with Gasteiger partial charge in [-0.1, -0.05) is 0 Å². The minimum absolute atomic E-state index is 0.193. The molecule has 0 saturated carbocycles. The highest BCUT2D eigenvalue weighted by molar-refractivity contribution is 7.71. The van der Waals surface area contributed by atoms with E-state index in [1.807, 2.05) is 0 Å². The average molecular weight is 211 g/mol. The average Bonchev–Trinajstić information content (AvgIpc) is 2.41. The van der Waals surface area contributed by atoms with Crippen LogP contribution in [0.15, 0.2) is 0 Å². The molecule has 0 fully saturated rings. The van der Waals surface area contributed by atoms with Gasteiger partial charge in [-0.25, -0.2) is 0 Å². The van der Waals surface area contributed by atoms with Crippen molar-refractivity contribution in [2.45, 2.75) is 0 Å². The van der Waals surface area contributed by atoms with E-state index in [0.717, 1.165) is 0 Å². The van der Waals surface area contributed by atoms with E-state index in [0.29, 0.717) is 17.3 Å². The molecule has 0 saturated heterocycles. The first-order chi connectivity index (χ1) is 6.52. The van der Waals surface area contributed by atoms with Crippen LogP contribution in [0.1, 0.15) is 0 Å². The van der Waals surface area contributed by atoms with Crippen molar-refractivity contribution in [1.82, 2.24) is 19.2 Å². The van der Waals surface area contributed by atoms with Crippen LogP contribution in [-0.2, 0) is 7.05 Å².